The Kier molecular flexibility index (Phi) is 4.11. The number of hydrogen-bond acceptors (Lipinski definition) is 4. The Bertz CT molecular complexity index is 424. The van der Waals surface area contributed by atoms with Gasteiger partial charge in [-0.25, -0.2) is 4.79 Å². The molecule has 0 saturated carbocycles. The number of carbonyl (C=O) groups excluding carboxylic acids is 1. The Balaban J connectivity index is 2.22. The molecule has 1 saturated heterocycles. The maximum absolute atomic E-state index is 11.6. The van der Waals surface area contributed by atoms with Gasteiger partial charge in [0, 0.05) is 18.6 Å². The lowest BCUT2D eigenvalue weighted by Gasteiger charge is -2.35. The Labute approximate surface area is 113 Å². The van der Waals surface area contributed by atoms with E-state index in [-0.39, 0.29) is 30.5 Å². The average molecular weight is 266 g/mol. The molecule has 4 atom stereocenters. The van der Waals surface area contributed by atoms with Crippen molar-refractivity contribution in [3.63, 3.8) is 0 Å². The minimum atomic E-state index is -0.689. The predicted molar refractivity (Wildman–Crippen MR) is 71.3 cm³/mol. The molecular formula is C15H22O4. The number of aliphatic hydroxyl groups is 2. The molecule has 2 N–H and O–H groups in total. The molecule has 1 heterocycles. The van der Waals surface area contributed by atoms with E-state index >= 15 is 0 Å². The van der Waals surface area contributed by atoms with Crippen LogP contribution in [0, 0.1) is 11.8 Å². The van der Waals surface area contributed by atoms with Crippen molar-refractivity contribution in [2.75, 3.05) is 6.61 Å². The van der Waals surface area contributed by atoms with Gasteiger partial charge in [-0.15, -0.1) is 0 Å². The normalized spacial score (nSPS) is 32.3. The van der Waals surface area contributed by atoms with Crippen molar-refractivity contribution in [1.29, 1.82) is 0 Å². The Hall–Kier alpha value is -1.13. The van der Waals surface area contributed by atoms with E-state index in [1.165, 1.54) is 0 Å². The third-order valence-corrected chi connectivity index (χ3v) is 4.31. The fourth-order valence-electron chi connectivity index (χ4n) is 3.34. The summed E-state index contributed by atoms with van der Waals surface area (Å²) < 4.78 is 5.25. The second kappa shape index (κ2) is 5.47. The second-order valence-electron chi connectivity index (χ2n) is 5.65. The predicted octanol–water partition coefficient (Wildman–Crippen LogP) is 1.57. The summed E-state index contributed by atoms with van der Waals surface area (Å²) in [4.78, 5) is 11.6. The molecule has 0 aromatic heterocycles. The molecule has 1 fully saturated rings. The van der Waals surface area contributed by atoms with Gasteiger partial charge in [-0.1, -0.05) is 19.1 Å². The SMILES string of the molecule is C=C1C(=O)O[C@H]2CC(C)=C(C(C)CCCO)[C@@H](O)[C@@H]12. The summed E-state index contributed by atoms with van der Waals surface area (Å²) in [5.41, 5.74) is 2.48. The Morgan fingerprint density at radius 2 is 2.21 bits per heavy atom. The zero-order valence-corrected chi connectivity index (χ0v) is 11.6. The van der Waals surface area contributed by atoms with Crippen LogP contribution in [0.4, 0.5) is 0 Å². The summed E-state index contributed by atoms with van der Waals surface area (Å²) in [6, 6.07) is 0. The van der Waals surface area contributed by atoms with Crippen molar-refractivity contribution < 1.29 is 19.7 Å². The van der Waals surface area contributed by atoms with E-state index in [0.29, 0.717) is 12.0 Å². The molecule has 1 aliphatic heterocycles. The van der Waals surface area contributed by atoms with Crippen LogP contribution in [0.2, 0.25) is 0 Å². The molecule has 1 aliphatic carbocycles. The van der Waals surface area contributed by atoms with Gasteiger partial charge in [0.25, 0.3) is 0 Å². The van der Waals surface area contributed by atoms with E-state index < -0.39 is 6.10 Å². The highest BCUT2D eigenvalue weighted by Crippen LogP contribution is 2.43. The molecule has 0 aromatic carbocycles. The number of esters is 1. The van der Waals surface area contributed by atoms with Gasteiger partial charge in [-0.05, 0) is 31.3 Å². The first-order chi connectivity index (χ1) is 8.97. The maximum Gasteiger partial charge on any atom is 0.334 e. The molecule has 0 spiro atoms. The first kappa shape index (κ1) is 14.3. The van der Waals surface area contributed by atoms with Gasteiger partial charge in [0.2, 0.25) is 0 Å². The van der Waals surface area contributed by atoms with E-state index in [1.54, 1.807) is 0 Å². The Morgan fingerprint density at radius 3 is 2.84 bits per heavy atom. The lowest BCUT2D eigenvalue weighted by molar-refractivity contribution is -0.139. The molecule has 1 unspecified atom stereocenters. The van der Waals surface area contributed by atoms with Crippen molar-refractivity contribution in [2.24, 2.45) is 11.8 Å². The number of carbonyl (C=O) groups is 1. The molecule has 0 radical (unpaired) electrons. The highest BCUT2D eigenvalue weighted by atomic mass is 16.6. The first-order valence-corrected chi connectivity index (χ1v) is 6.85. The third kappa shape index (κ3) is 2.47. The zero-order chi connectivity index (χ0) is 14.2. The molecule has 0 bridgehead atoms. The van der Waals surface area contributed by atoms with Crippen LogP contribution < -0.4 is 0 Å². The quantitative estimate of drug-likeness (QED) is 0.460. The van der Waals surface area contributed by atoms with Gasteiger partial charge in [-0.3, -0.25) is 0 Å². The van der Waals surface area contributed by atoms with Crippen molar-refractivity contribution in [3.05, 3.63) is 23.3 Å². The van der Waals surface area contributed by atoms with Crippen molar-refractivity contribution in [1.82, 2.24) is 0 Å². The van der Waals surface area contributed by atoms with Crippen molar-refractivity contribution in [3.8, 4) is 0 Å². The first-order valence-electron chi connectivity index (χ1n) is 6.85. The van der Waals surface area contributed by atoms with Gasteiger partial charge in [0.1, 0.15) is 6.10 Å². The fourth-order valence-corrected chi connectivity index (χ4v) is 3.34. The highest BCUT2D eigenvalue weighted by Gasteiger charge is 2.47. The molecule has 4 nitrogen and oxygen atoms in total. The maximum atomic E-state index is 11.6. The molecular weight excluding hydrogens is 244 g/mol. The van der Waals surface area contributed by atoms with E-state index in [2.05, 4.69) is 13.5 Å². The zero-order valence-electron chi connectivity index (χ0n) is 11.6. The minimum absolute atomic E-state index is 0.160. The number of ether oxygens (including phenoxy) is 1. The molecule has 0 amide bonds. The van der Waals surface area contributed by atoms with Gasteiger partial charge >= 0.3 is 5.97 Å². The van der Waals surface area contributed by atoms with Gasteiger partial charge in [0.05, 0.1) is 12.0 Å². The second-order valence-corrected chi connectivity index (χ2v) is 5.65. The van der Waals surface area contributed by atoms with Gasteiger partial charge in [-0.2, -0.15) is 0 Å². The molecule has 2 aliphatic rings. The highest BCUT2D eigenvalue weighted by molar-refractivity contribution is 5.91. The van der Waals surface area contributed by atoms with Crippen molar-refractivity contribution >= 4 is 5.97 Å². The monoisotopic (exact) mass is 266 g/mol. The number of hydrogen-bond donors (Lipinski definition) is 2. The van der Waals surface area contributed by atoms with Crippen molar-refractivity contribution in [2.45, 2.75) is 45.3 Å². The van der Waals surface area contributed by atoms with Crippen LogP contribution in [-0.4, -0.2) is 35.0 Å². The van der Waals surface area contributed by atoms with E-state index in [9.17, 15) is 9.90 Å². The summed E-state index contributed by atoms with van der Waals surface area (Å²) in [6.07, 6.45) is 1.27. The molecule has 2 rings (SSSR count). The van der Waals surface area contributed by atoms with Crippen LogP contribution >= 0.6 is 0 Å². The van der Waals surface area contributed by atoms with E-state index in [4.69, 9.17) is 9.84 Å². The van der Waals surface area contributed by atoms with Crippen LogP contribution in [0.25, 0.3) is 0 Å². The molecule has 4 heteroatoms. The number of aliphatic hydroxyl groups excluding tert-OH is 2. The summed E-state index contributed by atoms with van der Waals surface area (Å²) in [5, 5.41) is 19.5. The molecule has 0 aromatic rings. The van der Waals surface area contributed by atoms with Crippen LogP contribution in [0.3, 0.4) is 0 Å². The van der Waals surface area contributed by atoms with Gasteiger partial charge in [0.15, 0.2) is 0 Å². The average Bonchev–Trinajstić information content (AvgIpc) is 2.62. The lowest BCUT2D eigenvalue weighted by atomic mass is 9.73. The van der Waals surface area contributed by atoms with Crippen LogP contribution in [0.15, 0.2) is 23.3 Å². The smallest absolute Gasteiger partial charge is 0.334 e. The van der Waals surface area contributed by atoms with Crippen LogP contribution in [0.5, 0.6) is 0 Å². The summed E-state index contributed by atoms with van der Waals surface area (Å²) in [6.45, 7) is 7.95. The third-order valence-electron chi connectivity index (χ3n) is 4.31. The minimum Gasteiger partial charge on any atom is -0.458 e. The van der Waals surface area contributed by atoms with Crippen LogP contribution in [0.1, 0.15) is 33.1 Å². The van der Waals surface area contributed by atoms with Gasteiger partial charge < -0.3 is 14.9 Å². The standard InChI is InChI=1S/C15H22O4/c1-8(5-4-6-16)12-9(2)7-11-13(14(12)17)10(3)15(18)19-11/h8,11,13-14,16-17H,3-7H2,1-2H3/t8?,11-,13-,14+/m0/s1. The van der Waals surface area contributed by atoms with Crippen LogP contribution in [-0.2, 0) is 9.53 Å². The largest absolute Gasteiger partial charge is 0.458 e. The summed E-state index contributed by atoms with van der Waals surface area (Å²) in [5.74, 6) is -0.486. The van der Waals surface area contributed by atoms with E-state index in [0.717, 1.165) is 24.0 Å². The topological polar surface area (TPSA) is 66.8 Å². The fraction of sp³-hybridized carbons (Fsp3) is 0.667. The summed E-state index contributed by atoms with van der Waals surface area (Å²) in [7, 11) is 0. The lowest BCUT2D eigenvalue weighted by Crippen LogP contribution is -2.37. The molecule has 106 valence electrons. The van der Waals surface area contributed by atoms with E-state index in [1.807, 2.05) is 6.92 Å². The number of fused-ring (bicyclic) bond motifs is 1. The molecule has 19 heavy (non-hydrogen) atoms. The summed E-state index contributed by atoms with van der Waals surface area (Å²) >= 11 is 0. The number of rotatable bonds is 4. The Morgan fingerprint density at radius 1 is 1.53 bits per heavy atom.